The normalized spacial score (nSPS) is 15.2. The molecule has 0 unspecified atom stereocenters. The van der Waals surface area contributed by atoms with Crippen molar-refractivity contribution < 1.29 is 31.9 Å². The molecule has 0 atom stereocenters. The van der Waals surface area contributed by atoms with E-state index in [0.29, 0.717) is 11.3 Å². The average Bonchev–Trinajstić information content (AvgIpc) is 2.78. The maximum absolute atomic E-state index is 13.1. The lowest BCUT2D eigenvalue weighted by molar-refractivity contribution is -0.152. The van der Waals surface area contributed by atoms with Gasteiger partial charge >= 0.3 is 5.97 Å². The molecule has 1 saturated heterocycles. The Kier molecular flexibility index (Phi) is 7.37. The standard InChI is InChI=1S/C22H23FN2O6S/c1-15(26)17-3-2-4-19(13-17)24-21(27)14-31-22(28)16-9-11-25(12-10-16)32(29,30)20-7-5-18(23)6-8-20/h2-8,13,16H,9-12,14H2,1H3,(H,24,27). The van der Waals surface area contributed by atoms with E-state index in [-0.39, 0.29) is 36.6 Å². The van der Waals surface area contributed by atoms with E-state index in [4.69, 9.17) is 4.74 Å². The molecule has 1 N–H and O–H groups in total. The predicted molar refractivity (Wildman–Crippen MR) is 114 cm³/mol. The molecule has 0 saturated carbocycles. The number of anilines is 1. The van der Waals surface area contributed by atoms with Crippen LogP contribution in [-0.2, 0) is 24.3 Å². The summed E-state index contributed by atoms with van der Waals surface area (Å²) >= 11 is 0. The minimum absolute atomic E-state index is 0.00885. The number of esters is 1. The maximum Gasteiger partial charge on any atom is 0.309 e. The summed E-state index contributed by atoms with van der Waals surface area (Å²) in [7, 11) is -3.77. The molecular weight excluding hydrogens is 439 g/mol. The summed E-state index contributed by atoms with van der Waals surface area (Å²) < 4.78 is 44.7. The number of sulfonamides is 1. The highest BCUT2D eigenvalue weighted by molar-refractivity contribution is 7.89. The number of rotatable bonds is 7. The van der Waals surface area contributed by atoms with Crippen LogP contribution >= 0.6 is 0 Å². The van der Waals surface area contributed by atoms with Crippen molar-refractivity contribution >= 4 is 33.4 Å². The number of hydrogen-bond donors (Lipinski definition) is 1. The van der Waals surface area contributed by atoms with Crippen LogP contribution in [0.3, 0.4) is 0 Å². The molecule has 1 heterocycles. The number of amides is 1. The molecule has 0 aromatic heterocycles. The lowest BCUT2D eigenvalue weighted by Crippen LogP contribution is -2.40. The van der Waals surface area contributed by atoms with Crippen molar-refractivity contribution in [3.8, 4) is 0 Å². The van der Waals surface area contributed by atoms with Gasteiger partial charge in [0.25, 0.3) is 5.91 Å². The number of Topliss-reactive ketones (excluding diaryl/α,β-unsaturated/α-hetero) is 1. The molecule has 0 radical (unpaired) electrons. The van der Waals surface area contributed by atoms with Crippen molar-refractivity contribution in [3.05, 3.63) is 59.9 Å². The van der Waals surface area contributed by atoms with Gasteiger partial charge < -0.3 is 10.1 Å². The lowest BCUT2D eigenvalue weighted by Gasteiger charge is -2.30. The Morgan fingerprint density at radius 2 is 1.75 bits per heavy atom. The van der Waals surface area contributed by atoms with E-state index >= 15 is 0 Å². The molecule has 8 nitrogen and oxygen atoms in total. The molecule has 1 aliphatic rings. The van der Waals surface area contributed by atoms with Gasteiger partial charge in [-0.3, -0.25) is 14.4 Å². The Labute approximate surface area is 185 Å². The molecule has 1 fully saturated rings. The first-order valence-corrected chi connectivity index (χ1v) is 11.4. The van der Waals surface area contributed by atoms with E-state index in [1.165, 1.54) is 29.4 Å². The predicted octanol–water partition coefficient (Wildman–Crippen LogP) is 2.61. The summed E-state index contributed by atoms with van der Waals surface area (Å²) in [5.74, 6) is -2.31. The summed E-state index contributed by atoms with van der Waals surface area (Å²) in [5, 5.41) is 2.56. The Balaban J connectivity index is 1.48. The Bertz CT molecular complexity index is 1110. The molecule has 10 heteroatoms. The zero-order valence-corrected chi connectivity index (χ0v) is 18.2. The quantitative estimate of drug-likeness (QED) is 0.500. The number of piperidine rings is 1. The van der Waals surface area contributed by atoms with Gasteiger partial charge in [-0.2, -0.15) is 4.31 Å². The molecular formula is C22H23FN2O6S. The molecule has 0 bridgehead atoms. The van der Waals surface area contributed by atoms with Crippen LogP contribution < -0.4 is 5.32 Å². The zero-order valence-electron chi connectivity index (χ0n) is 17.4. The second-order valence-corrected chi connectivity index (χ2v) is 9.36. The van der Waals surface area contributed by atoms with E-state index in [1.807, 2.05) is 0 Å². The van der Waals surface area contributed by atoms with E-state index in [1.54, 1.807) is 18.2 Å². The largest absolute Gasteiger partial charge is 0.455 e. The topological polar surface area (TPSA) is 110 Å². The third-order valence-electron chi connectivity index (χ3n) is 5.14. The Hall–Kier alpha value is -3.11. The fraction of sp³-hybridized carbons (Fsp3) is 0.318. The van der Waals surface area contributed by atoms with Gasteiger partial charge in [0.1, 0.15) is 5.82 Å². The number of carbonyl (C=O) groups excluding carboxylic acids is 3. The number of benzene rings is 2. The van der Waals surface area contributed by atoms with E-state index < -0.39 is 40.2 Å². The fourth-order valence-corrected chi connectivity index (χ4v) is 4.82. The first-order valence-electron chi connectivity index (χ1n) is 10.00. The molecule has 3 rings (SSSR count). The van der Waals surface area contributed by atoms with Crippen molar-refractivity contribution in [2.45, 2.75) is 24.7 Å². The van der Waals surface area contributed by atoms with Gasteiger partial charge in [0, 0.05) is 24.3 Å². The second kappa shape index (κ2) is 10.0. The van der Waals surface area contributed by atoms with Gasteiger partial charge in [0.2, 0.25) is 10.0 Å². The van der Waals surface area contributed by atoms with Crippen LogP contribution in [0, 0.1) is 11.7 Å². The Morgan fingerprint density at radius 1 is 1.09 bits per heavy atom. The van der Waals surface area contributed by atoms with E-state index in [2.05, 4.69) is 5.32 Å². The number of hydrogen-bond acceptors (Lipinski definition) is 6. The van der Waals surface area contributed by atoms with Gasteiger partial charge in [-0.25, -0.2) is 12.8 Å². The molecule has 1 amide bonds. The van der Waals surface area contributed by atoms with Gasteiger partial charge in [-0.05, 0) is 56.2 Å². The van der Waals surface area contributed by atoms with Crippen molar-refractivity contribution in [3.63, 3.8) is 0 Å². The van der Waals surface area contributed by atoms with Crippen molar-refractivity contribution in [1.82, 2.24) is 4.31 Å². The van der Waals surface area contributed by atoms with Crippen LogP contribution in [-0.4, -0.2) is 50.1 Å². The number of halogens is 1. The fourth-order valence-electron chi connectivity index (χ4n) is 3.36. The maximum atomic E-state index is 13.1. The minimum atomic E-state index is -3.77. The minimum Gasteiger partial charge on any atom is -0.455 e. The first-order chi connectivity index (χ1) is 15.2. The van der Waals surface area contributed by atoms with Crippen molar-refractivity contribution in [2.75, 3.05) is 25.0 Å². The highest BCUT2D eigenvalue weighted by Gasteiger charge is 2.33. The molecule has 0 spiro atoms. The van der Waals surface area contributed by atoms with Crippen LogP contribution in [0.2, 0.25) is 0 Å². The van der Waals surface area contributed by atoms with Crippen molar-refractivity contribution in [1.29, 1.82) is 0 Å². The molecule has 2 aromatic carbocycles. The van der Waals surface area contributed by atoms with Crippen LogP contribution in [0.15, 0.2) is 53.4 Å². The third kappa shape index (κ3) is 5.77. The molecule has 170 valence electrons. The Morgan fingerprint density at radius 3 is 2.38 bits per heavy atom. The second-order valence-electron chi connectivity index (χ2n) is 7.43. The summed E-state index contributed by atoms with van der Waals surface area (Å²) in [6.45, 7) is 1.16. The number of nitrogens with zero attached hydrogens (tertiary/aromatic N) is 1. The van der Waals surface area contributed by atoms with E-state index in [9.17, 15) is 27.2 Å². The van der Waals surface area contributed by atoms with Crippen molar-refractivity contribution in [2.24, 2.45) is 5.92 Å². The third-order valence-corrected chi connectivity index (χ3v) is 7.05. The molecule has 0 aliphatic carbocycles. The molecule has 1 aliphatic heterocycles. The summed E-state index contributed by atoms with van der Waals surface area (Å²) in [6.07, 6.45) is 0.503. The van der Waals surface area contributed by atoms with Crippen LogP contribution in [0.1, 0.15) is 30.1 Å². The van der Waals surface area contributed by atoms with Gasteiger partial charge in [-0.1, -0.05) is 12.1 Å². The first kappa shape index (κ1) is 23.6. The summed E-state index contributed by atoms with van der Waals surface area (Å²) in [6, 6.07) is 11.0. The summed E-state index contributed by atoms with van der Waals surface area (Å²) in [5.41, 5.74) is 0.861. The van der Waals surface area contributed by atoms with Gasteiger partial charge in [-0.15, -0.1) is 0 Å². The van der Waals surface area contributed by atoms with Crippen LogP contribution in [0.4, 0.5) is 10.1 Å². The van der Waals surface area contributed by atoms with Crippen LogP contribution in [0.25, 0.3) is 0 Å². The number of carbonyl (C=O) groups is 3. The number of ether oxygens (including phenoxy) is 1. The molecule has 2 aromatic rings. The number of nitrogens with one attached hydrogen (secondary N) is 1. The number of ketones is 1. The highest BCUT2D eigenvalue weighted by atomic mass is 32.2. The molecule has 32 heavy (non-hydrogen) atoms. The highest BCUT2D eigenvalue weighted by Crippen LogP contribution is 2.25. The lowest BCUT2D eigenvalue weighted by atomic mass is 9.98. The summed E-state index contributed by atoms with van der Waals surface area (Å²) in [4.78, 5) is 35.8. The smallest absolute Gasteiger partial charge is 0.309 e. The van der Waals surface area contributed by atoms with E-state index in [0.717, 1.165) is 12.1 Å². The van der Waals surface area contributed by atoms with Gasteiger partial charge in [0.15, 0.2) is 12.4 Å². The van der Waals surface area contributed by atoms with Gasteiger partial charge in [0.05, 0.1) is 10.8 Å². The zero-order chi connectivity index (χ0) is 23.3. The monoisotopic (exact) mass is 462 g/mol. The average molecular weight is 462 g/mol. The SMILES string of the molecule is CC(=O)c1cccc(NC(=O)COC(=O)C2CCN(S(=O)(=O)c3ccc(F)cc3)CC2)c1. The van der Waals surface area contributed by atoms with Crippen LogP contribution in [0.5, 0.6) is 0 Å².